The predicted molar refractivity (Wildman–Crippen MR) is 44.8 cm³/mol. The number of aryl methyl sites for hydroxylation is 1. The molecule has 0 radical (unpaired) electrons. The first-order valence-corrected chi connectivity index (χ1v) is 3.63. The predicted octanol–water partition coefficient (Wildman–Crippen LogP) is 0.392. The molecule has 1 aromatic rings. The van der Waals surface area contributed by atoms with Crippen molar-refractivity contribution in [3.8, 4) is 5.75 Å². The van der Waals surface area contributed by atoms with Gasteiger partial charge in [0, 0.05) is 6.20 Å². The molecular weight excluding hydrogens is 180 g/mol. The number of hydrogen-bond acceptors (Lipinski definition) is 4. The summed E-state index contributed by atoms with van der Waals surface area (Å²) in [7, 11) is -1.87. The van der Waals surface area contributed by atoms with E-state index in [-0.39, 0.29) is 10.9 Å². The smallest absolute Gasteiger partial charge is 0.509 e. The van der Waals surface area contributed by atoms with Gasteiger partial charge in [-0.3, -0.25) is 0 Å². The summed E-state index contributed by atoms with van der Waals surface area (Å²) in [5, 5.41) is 17.1. The molecule has 0 aliphatic rings. The Morgan fingerprint density at radius 1 is 1.58 bits per heavy atom. The van der Waals surface area contributed by atoms with Crippen molar-refractivity contribution in [3.63, 3.8) is 0 Å². The van der Waals surface area contributed by atoms with Crippen LogP contribution in [-0.4, -0.2) is 22.4 Å². The molecule has 0 aliphatic heterocycles. The molecule has 0 aliphatic carbocycles. The third-order valence-electron chi connectivity index (χ3n) is 1.28. The molecule has 64 valence electrons. The van der Waals surface area contributed by atoms with Crippen molar-refractivity contribution in [2.75, 3.05) is 0 Å². The molecule has 0 fully saturated rings. The Kier molecular flexibility index (Phi) is 2.91. The molecule has 0 amide bonds. The Labute approximate surface area is 74.9 Å². The molecule has 2 N–H and O–H groups in total. The van der Waals surface area contributed by atoms with E-state index in [1.54, 1.807) is 13.0 Å². The number of rotatable bonds is 2. The summed E-state index contributed by atoms with van der Waals surface area (Å²) in [4.78, 5) is 3.71. The second kappa shape index (κ2) is 3.75. The maximum atomic E-state index is 8.50. The normalized spacial score (nSPS) is 9.67. The molecule has 0 aromatic carbocycles. The van der Waals surface area contributed by atoms with Crippen LogP contribution in [0.15, 0.2) is 12.3 Å². The first-order valence-electron chi connectivity index (χ1n) is 3.25. The van der Waals surface area contributed by atoms with Crippen molar-refractivity contribution in [2.24, 2.45) is 0 Å². The second-order valence-corrected chi connectivity index (χ2v) is 2.55. The third kappa shape index (κ3) is 2.10. The van der Waals surface area contributed by atoms with E-state index < -0.39 is 7.32 Å². The van der Waals surface area contributed by atoms with Crippen molar-refractivity contribution in [3.05, 3.63) is 23.0 Å². The van der Waals surface area contributed by atoms with Gasteiger partial charge in [0.25, 0.3) is 0 Å². The minimum Gasteiger partial charge on any atom is -0.509 e. The Balaban J connectivity index is 2.96. The molecule has 0 unspecified atom stereocenters. The zero-order valence-corrected chi connectivity index (χ0v) is 7.12. The summed E-state index contributed by atoms with van der Waals surface area (Å²) >= 11 is 5.62. The van der Waals surface area contributed by atoms with Gasteiger partial charge in [0.15, 0.2) is 5.15 Å². The van der Waals surface area contributed by atoms with Crippen LogP contribution in [0, 0.1) is 6.92 Å². The van der Waals surface area contributed by atoms with Crippen LogP contribution in [0.3, 0.4) is 0 Å². The van der Waals surface area contributed by atoms with Gasteiger partial charge in [-0.25, -0.2) is 4.98 Å². The van der Waals surface area contributed by atoms with Crippen molar-refractivity contribution in [1.29, 1.82) is 0 Å². The lowest BCUT2D eigenvalue weighted by Crippen LogP contribution is -2.21. The van der Waals surface area contributed by atoms with E-state index in [0.29, 0.717) is 5.56 Å². The average Bonchev–Trinajstić information content (AvgIpc) is 1.97. The van der Waals surface area contributed by atoms with Crippen LogP contribution in [0.2, 0.25) is 5.15 Å². The SMILES string of the molecule is Cc1ccnc(Cl)c1OB(O)O. The lowest BCUT2D eigenvalue weighted by Gasteiger charge is -2.08. The Morgan fingerprint density at radius 2 is 2.25 bits per heavy atom. The molecule has 1 aromatic heterocycles. The van der Waals surface area contributed by atoms with Crippen LogP contribution in [0.5, 0.6) is 5.75 Å². The van der Waals surface area contributed by atoms with E-state index in [1.807, 2.05) is 0 Å². The van der Waals surface area contributed by atoms with Crippen LogP contribution < -0.4 is 4.65 Å². The van der Waals surface area contributed by atoms with Crippen LogP contribution >= 0.6 is 11.6 Å². The zero-order chi connectivity index (χ0) is 9.14. The van der Waals surface area contributed by atoms with Crippen LogP contribution in [0.25, 0.3) is 0 Å². The number of hydrogen-bond donors (Lipinski definition) is 2. The molecule has 6 heteroatoms. The number of halogens is 1. The van der Waals surface area contributed by atoms with Crippen LogP contribution in [0.1, 0.15) is 5.56 Å². The van der Waals surface area contributed by atoms with Gasteiger partial charge < -0.3 is 14.7 Å². The summed E-state index contributed by atoms with van der Waals surface area (Å²) < 4.78 is 4.59. The van der Waals surface area contributed by atoms with E-state index in [4.69, 9.17) is 21.6 Å². The summed E-state index contributed by atoms with van der Waals surface area (Å²) in [6.45, 7) is 1.73. The fourth-order valence-electron chi connectivity index (χ4n) is 0.759. The summed E-state index contributed by atoms with van der Waals surface area (Å²) in [6.07, 6.45) is 1.51. The maximum absolute atomic E-state index is 8.50. The van der Waals surface area contributed by atoms with Gasteiger partial charge in [0.05, 0.1) is 0 Å². The summed E-state index contributed by atoms with van der Waals surface area (Å²) in [6, 6.07) is 1.66. The van der Waals surface area contributed by atoms with Crippen molar-refractivity contribution in [2.45, 2.75) is 6.92 Å². The van der Waals surface area contributed by atoms with Gasteiger partial charge in [-0.05, 0) is 18.6 Å². The standard InChI is InChI=1S/C6H7BClNO3/c1-4-2-3-9-6(8)5(4)12-7(10)11/h2-3,10-11H,1H3. The van der Waals surface area contributed by atoms with E-state index in [2.05, 4.69) is 9.64 Å². The van der Waals surface area contributed by atoms with Gasteiger partial charge in [0.2, 0.25) is 0 Å². The molecule has 0 spiro atoms. The summed E-state index contributed by atoms with van der Waals surface area (Å²) in [5.74, 6) is 0.189. The van der Waals surface area contributed by atoms with E-state index >= 15 is 0 Å². The fraction of sp³-hybridized carbons (Fsp3) is 0.167. The molecule has 0 saturated heterocycles. The van der Waals surface area contributed by atoms with Gasteiger partial charge >= 0.3 is 7.32 Å². The highest BCUT2D eigenvalue weighted by molar-refractivity contribution is 6.35. The zero-order valence-electron chi connectivity index (χ0n) is 6.36. The van der Waals surface area contributed by atoms with Gasteiger partial charge in [-0.1, -0.05) is 11.6 Å². The lowest BCUT2D eigenvalue weighted by molar-refractivity contribution is 0.287. The molecular formula is C6H7BClNO3. The van der Waals surface area contributed by atoms with Crippen LogP contribution in [-0.2, 0) is 0 Å². The monoisotopic (exact) mass is 187 g/mol. The molecule has 0 bridgehead atoms. The minimum absolute atomic E-state index is 0.114. The Morgan fingerprint density at radius 3 is 2.75 bits per heavy atom. The maximum Gasteiger partial charge on any atom is 0.707 e. The first kappa shape index (κ1) is 9.31. The average molecular weight is 187 g/mol. The molecule has 1 rings (SSSR count). The van der Waals surface area contributed by atoms with Crippen LogP contribution in [0.4, 0.5) is 0 Å². The Hall–Kier alpha value is -0.775. The molecule has 4 nitrogen and oxygen atoms in total. The molecule has 1 heterocycles. The Bertz CT molecular complexity index is 261. The second-order valence-electron chi connectivity index (χ2n) is 2.19. The highest BCUT2D eigenvalue weighted by atomic mass is 35.5. The van der Waals surface area contributed by atoms with E-state index in [1.165, 1.54) is 6.20 Å². The highest BCUT2D eigenvalue weighted by Gasteiger charge is 2.15. The topological polar surface area (TPSA) is 62.6 Å². The number of pyridine rings is 1. The number of aromatic nitrogens is 1. The third-order valence-corrected chi connectivity index (χ3v) is 1.55. The van der Waals surface area contributed by atoms with E-state index in [9.17, 15) is 0 Å². The molecule has 12 heavy (non-hydrogen) atoms. The van der Waals surface area contributed by atoms with Gasteiger partial charge in [-0.15, -0.1) is 0 Å². The largest absolute Gasteiger partial charge is 0.707 e. The van der Waals surface area contributed by atoms with Gasteiger partial charge in [-0.2, -0.15) is 0 Å². The molecule has 0 atom stereocenters. The van der Waals surface area contributed by atoms with Crippen molar-refractivity contribution < 1.29 is 14.7 Å². The highest BCUT2D eigenvalue weighted by Crippen LogP contribution is 2.25. The first-order chi connectivity index (χ1) is 5.61. The minimum atomic E-state index is -1.87. The molecule has 0 saturated carbocycles. The lowest BCUT2D eigenvalue weighted by atomic mass is 10.2. The van der Waals surface area contributed by atoms with Crippen molar-refractivity contribution >= 4 is 18.9 Å². The summed E-state index contributed by atoms with van der Waals surface area (Å²) in [5.41, 5.74) is 0.697. The van der Waals surface area contributed by atoms with E-state index in [0.717, 1.165) is 0 Å². The fourth-order valence-corrected chi connectivity index (χ4v) is 1.01. The number of nitrogens with zero attached hydrogens (tertiary/aromatic N) is 1. The quantitative estimate of drug-likeness (QED) is 0.519. The van der Waals surface area contributed by atoms with Gasteiger partial charge in [0.1, 0.15) is 5.75 Å². The van der Waals surface area contributed by atoms with Crippen molar-refractivity contribution in [1.82, 2.24) is 4.98 Å².